The lowest BCUT2D eigenvalue weighted by Crippen LogP contribution is -2.02. The summed E-state index contributed by atoms with van der Waals surface area (Å²) < 4.78 is 10.5. The summed E-state index contributed by atoms with van der Waals surface area (Å²) in [7, 11) is 0. The van der Waals surface area contributed by atoms with Gasteiger partial charge in [-0.05, 0) is 18.9 Å². The first-order chi connectivity index (χ1) is 9.35. The highest BCUT2D eigenvalue weighted by atomic mass is 16.7. The van der Waals surface area contributed by atoms with Gasteiger partial charge in [-0.1, -0.05) is 58.8 Å². The van der Waals surface area contributed by atoms with Crippen molar-refractivity contribution in [3.8, 4) is 0 Å². The van der Waals surface area contributed by atoms with Crippen LogP contribution in [0.25, 0.3) is 0 Å². The van der Waals surface area contributed by atoms with Crippen molar-refractivity contribution in [3.63, 3.8) is 0 Å². The Balaban J connectivity index is 3.18. The summed E-state index contributed by atoms with van der Waals surface area (Å²) in [6.07, 6.45) is 13.6. The SMILES string of the molecule is CCC=C(C=O)OCOCCCCCCCCCC. The Hall–Kier alpha value is -0.830. The molecule has 0 radical (unpaired) electrons. The molecule has 3 heteroatoms. The molecule has 0 spiro atoms. The average molecular weight is 270 g/mol. The van der Waals surface area contributed by atoms with E-state index in [9.17, 15) is 4.79 Å². The second-order valence-corrected chi connectivity index (χ2v) is 4.78. The number of allylic oxidation sites excluding steroid dienone is 2. The minimum absolute atomic E-state index is 0.182. The molecular weight excluding hydrogens is 240 g/mol. The van der Waals surface area contributed by atoms with Crippen LogP contribution in [0.15, 0.2) is 11.8 Å². The Morgan fingerprint density at radius 3 is 2.16 bits per heavy atom. The van der Waals surface area contributed by atoms with Gasteiger partial charge in [-0.15, -0.1) is 0 Å². The molecule has 0 aromatic carbocycles. The van der Waals surface area contributed by atoms with Crippen LogP contribution in [0.2, 0.25) is 0 Å². The fourth-order valence-electron chi connectivity index (χ4n) is 1.85. The van der Waals surface area contributed by atoms with Gasteiger partial charge < -0.3 is 9.47 Å². The molecule has 0 fully saturated rings. The Morgan fingerprint density at radius 2 is 1.58 bits per heavy atom. The number of ether oxygens (including phenoxy) is 2. The molecule has 112 valence electrons. The van der Waals surface area contributed by atoms with E-state index < -0.39 is 0 Å². The van der Waals surface area contributed by atoms with E-state index in [-0.39, 0.29) is 6.79 Å². The number of hydrogen-bond acceptors (Lipinski definition) is 3. The van der Waals surface area contributed by atoms with E-state index >= 15 is 0 Å². The van der Waals surface area contributed by atoms with Crippen molar-refractivity contribution < 1.29 is 14.3 Å². The van der Waals surface area contributed by atoms with Crippen LogP contribution in [0.5, 0.6) is 0 Å². The highest BCUT2D eigenvalue weighted by Gasteiger charge is 1.95. The third-order valence-electron chi connectivity index (χ3n) is 2.97. The lowest BCUT2D eigenvalue weighted by atomic mass is 10.1. The monoisotopic (exact) mass is 270 g/mol. The maximum atomic E-state index is 10.6. The molecule has 0 bridgehead atoms. The first-order valence-corrected chi connectivity index (χ1v) is 7.71. The minimum atomic E-state index is 0.182. The summed E-state index contributed by atoms with van der Waals surface area (Å²) in [6.45, 7) is 5.10. The molecule has 0 unspecified atom stereocenters. The molecule has 0 rings (SSSR count). The molecule has 0 atom stereocenters. The predicted molar refractivity (Wildman–Crippen MR) is 79.0 cm³/mol. The molecule has 3 nitrogen and oxygen atoms in total. The first kappa shape index (κ1) is 18.2. The number of unbranched alkanes of at least 4 members (excludes halogenated alkanes) is 7. The largest absolute Gasteiger partial charge is 0.464 e. The van der Waals surface area contributed by atoms with Crippen LogP contribution in [0.1, 0.15) is 71.6 Å². The van der Waals surface area contributed by atoms with Gasteiger partial charge in [0.2, 0.25) is 0 Å². The first-order valence-electron chi connectivity index (χ1n) is 7.71. The van der Waals surface area contributed by atoms with Gasteiger partial charge in [-0.3, -0.25) is 4.79 Å². The van der Waals surface area contributed by atoms with Crippen LogP contribution >= 0.6 is 0 Å². The lowest BCUT2D eigenvalue weighted by Gasteiger charge is -2.06. The predicted octanol–water partition coefficient (Wildman–Crippen LogP) is 4.61. The number of carbonyl (C=O) groups is 1. The van der Waals surface area contributed by atoms with E-state index in [2.05, 4.69) is 6.92 Å². The number of rotatable bonds is 14. The molecule has 0 aromatic rings. The van der Waals surface area contributed by atoms with Gasteiger partial charge in [0, 0.05) is 0 Å². The molecule has 0 N–H and O–H groups in total. The van der Waals surface area contributed by atoms with Crippen LogP contribution in [-0.2, 0) is 14.3 Å². The molecular formula is C16H30O3. The summed E-state index contributed by atoms with van der Waals surface area (Å²) in [5, 5.41) is 0. The average Bonchev–Trinajstić information content (AvgIpc) is 2.43. The summed E-state index contributed by atoms with van der Waals surface area (Å²) >= 11 is 0. The third kappa shape index (κ3) is 13.4. The van der Waals surface area contributed by atoms with Gasteiger partial charge in [0.1, 0.15) is 0 Å². The maximum absolute atomic E-state index is 10.6. The van der Waals surface area contributed by atoms with E-state index in [0.29, 0.717) is 12.4 Å². The molecule has 19 heavy (non-hydrogen) atoms. The zero-order chi connectivity index (χ0) is 14.2. The van der Waals surface area contributed by atoms with Crippen LogP contribution in [-0.4, -0.2) is 19.7 Å². The number of carbonyl (C=O) groups excluding carboxylic acids is 1. The molecule has 0 saturated heterocycles. The fraction of sp³-hybridized carbons (Fsp3) is 0.812. The second-order valence-electron chi connectivity index (χ2n) is 4.78. The van der Waals surface area contributed by atoms with Gasteiger partial charge >= 0.3 is 0 Å². The van der Waals surface area contributed by atoms with E-state index in [0.717, 1.165) is 19.1 Å². The topological polar surface area (TPSA) is 35.5 Å². The Bertz CT molecular complexity index is 224. The standard InChI is InChI=1S/C16H30O3/c1-3-5-6-7-8-9-10-11-13-18-15-19-16(14-17)12-4-2/h12,14H,3-11,13,15H2,1-2H3. The van der Waals surface area contributed by atoms with Crippen LogP contribution in [0.4, 0.5) is 0 Å². The van der Waals surface area contributed by atoms with Gasteiger partial charge in [-0.25, -0.2) is 0 Å². The fourth-order valence-corrected chi connectivity index (χ4v) is 1.85. The number of hydrogen-bond donors (Lipinski definition) is 0. The van der Waals surface area contributed by atoms with Crippen LogP contribution in [0.3, 0.4) is 0 Å². The molecule has 0 saturated carbocycles. The van der Waals surface area contributed by atoms with E-state index in [1.165, 1.54) is 44.9 Å². The quantitative estimate of drug-likeness (QED) is 0.152. The van der Waals surface area contributed by atoms with Crippen molar-refractivity contribution in [2.24, 2.45) is 0 Å². The van der Waals surface area contributed by atoms with Gasteiger partial charge in [0.25, 0.3) is 0 Å². The van der Waals surface area contributed by atoms with Gasteiger partial charge in [-0.2, -0.15) is 0 Å². The molecule has 0 aliphatic heterocycles. The Morgan fingerprint density at radius 1 is 0.947 bits per heavy atom. The van der Waals surface area contributed by atoms with Gasteiger partial charge in [0.05, 0.1) is 6.61 Å². The summed E-state index contributed by atoms with van der Waals surface area (Å²) in [4.78, 5) is 10.6. The van der Waals surface area contributed by atoms with Crippen molar-refractivity contribution in [1.82, 2.24) is 0 Å². The second kappa shape index (κ2) is 15.2. The Labute approximate surface area is 118 Å². The van der Waals surface area contributed by atoms with Crippen molar-refractivity contribution in [3.05, 3.63) is 11.8 Å². The summed E-state index contributed by atoms with van der Waals surface area (Å²) in [5.41, 5.74) is 0. The molecule has 0 aliphatic carbocycles. The maximum Gasteiger partial charge on any atom is 0.189 e. The summed E-state index contributed by atoms with van der Waals surface area (Å²) in [5.74, 6) is 0.374. The van der Waals surface area contributed by atoms with Crippen molar-refractivity contribution in [2.45, 2.75) is 71.6 Å². The third-order valence-corrected chi connectivity index (χ3v) is 2.97. The molecule has 0 aliphatic rings. The van der Waals surface area contributed by atoms with Crippen LogP contribution in [0, 0.1) is 0 Å². The highest BCUT2D eigenvalue weighted by Crippen LogP contribution is 2.08. The minimum Gasteiger partial charge on any atom is -0.464 e. The van der Waals surface area contributed by atoms with E-state index in [1.54, 1.807) is 6.08 Å². The zero-order valence-electron chi connectivity index (χ0n) is 12.7. The van der Waals surface area contributed by atoms with E-state index in [1.807, 2.05) is 6.92 Å². The van der Waals surface area contributed by atoms with Crippen LogP contribution < -0.4 is 0 Å². The highest BCUT2D eigenvalue weighted by molar-refractivity contribution is 5.69. The number of aldehydes is 1. The van der Waals surface area contributed by atoms with Gasteiger partial charge in [0.15, 0.2) is 18.8 Å². The smallest absolute Gasteiger partial charge is 0.189 e. The van der Waals surface area contributed by atoms with Crippen molar-refractivity contribution >= 4 is 6.29 Å². The summed E-state index contributed by atoms with van der Waals surface area (Å²) in [6, 6.07) is 0. The molecule has 0 amide bonds. The van der Waals surface area contributed by atoms with Crippen molar-refractivity contribution in [1.29, 1.82) is 0 Å². The molecule has 0 heterocycles. The zero-order valence-corrected chi connectivity index (χ0v) is 12.7. The van der Waals surface area contributed by atoms with Crippen molar-refractivity contribution in [2.75, 3.05) is 13.4 Å². The normalized spacial score (nSPS) is 11.6. The molecule has 0 aromatic heterocycles. The lowest BCUT2D eigenvalue weighted by molar-refractivity contribution is -0.111. The Kier molecular flexibility index (Phi) is 14.6. The van der Waals surface area contributed by atoms with E-state index in [4.69, 9.17) is 9.47 Å².